The van der Waals surface area contributed by atoms with Crippen LogP contribution in [0.1, 0.15) is 50.2 Å². The third-order valence-corrected chi connectivity index (χ3v) is 6.67. The molecule has 1 atom stereocenters. The van der Waals surface area contributed by atoms with Gasteiger partial charge >= 0.3 is 5.97 Å². The molecule has 0 aliphatic heterocycles. The van der Waals surface area contributed by atoms with Crippen molar-refractivity contribution in [1.29, 1.82) is 0 Å². The molecule has 186 valence electrons. The average Bonchev–Trinajstić information content (AvgIpc) is 3.45. The first-order valence-electron chi connectivity index (χ1n) is 11.8. The Balaban J connectivity index is 1.26. The number of carboxylic acids is 1. The molecule has 4 rings (SSSR count). The highest BCUT2D eigenvalue weighted by atomic mass is 32.1. The van der Waals surface area contributed by atoms with Crippen molar-refractivity contribution in [3.63, 3.8) is 0 Å². The Bertz CT molecular complexity index is 1160. The summed E-state index contributed by atoms with van der Waals surface area (Å²) in [5.74, 6) is 2.13. The predicted molar refractivity (Wildman–Crippen MR) is 135 cm³/mol. The molecule has 1 N–H and O–H groups in total. The molecule has 2 aromatic carbocycles. The van der Waals surface area contributed by atoms with E-state index in [9.17, 15) is 4.79 Å². The van der Waals surface area contributed by atoms with Crippen molar-refractivity contribution in [3.8, 4) is 33.7 Å². The van der Waals surface area contributed by atoms with Gasteiger partial charge in [-0.3, -0.25) is 4.79 Å². The Labute approximate surface area is 209 Å². The summed E-state index contributed by atoms with van der Waals surface area (Å²) in [5, 5.41) is 11.8. The van der Waals surface area contributed by atoms with Crippen LogP contribution in [0.4, 0.5) is 0 Å². The average molecular weight is 498 g/mol. The highest BCUT2D eigenvalue weighted by Gasteiger charge is 2.24. The first kappa shape index (κ1) is 24.9. The molecule has 0 bridgehead atoms. The number of aromatic nitrogens is 1. The zero-order chi connectivity index (χ0) is 24.8. The number of ether oxygens (including phenoxy) is 4. The smallest absolute Gasteiger partial charge is 0.303 e. The van der Waals surface area contributed by atoms with Gasteiger partial charge in [-0.05, 0) is 74.1 Å². The van der Waals surface area contributed by atoms with Gasteiger partial charge in [0.1, 0.15) is 10.8 Å². The zero-order valence-electron chi connectivity index (χ0n) is 20.3. The number of hydrogen-bond donors (Lipinski definition) is 1. The van der Waals surface area contributed by atoms with Crippen molar-refractivity contribution in [2.45, 2.75) is 51.6 Å². The molecule has 0 unspecified atom stereocenters. The topological polar surface area (TPSA) is 87.1 Å². The summed E-state index contributed by atoms with van der Waals surface area (Å²) in [6.45, 7) is 4.97. The van der Waals surface area contributed by atoms with E-state index >= 15 is 0 Å². The number of benzene rings is 2. The molecule has 0 fully saturated rings. The number of aliphatic carboxylic acids is 1. The Morgan fingerprint density at radius 3 is 2.74 bits per heavy atom. The van der Waals surface area contributed by atoms with E-state index in [-0.39, 0.29) is 18.4 Å². The van der Waals surface area contributed by atoms with E-state index in [1.165, 1.54) is 16.9 Å². The number of aryl methyl sites for hydroxylation is 1. The van der Waals surface area contributed by atoms with Gasteiger partial charge in [0.25, 0.3) is 0 Å². The van der Waals surface area contributed by atoms with Crippen LogP contribution in [-0.4, -0.2) is 42.5 Å². The van der Waals surface area contributed by atoms with Crippen LogP contribution in [-0.2, 0) is 11.2 Å². The highest BCUT2D eigenvalue weighted by molar-refractivity contribution is 7.13. The van der Waals surface area contributed by atoms with Gasteiger partial charge in [0.15, 0.2) is 11.5 Å². The molecule has 0 saturated carbocycles. The van der Waals surface area contributed by atoms with Gasteiger partial charge in [-0.25, -0.2) is 4.98 Å². The summed E-state index contributed by atoms with van der Waals surface area (Å²) in [6.07, 6.45) is 2.77. The van der Waals surface area contributed by atoms with Crippen LogP contribution in [0, 0.1) is 0 Å². The molecule has 0 amide bonds. The monoisotopic (exact) mass is 497 g/mol. The molecule has 1 aliphatic rings. The molecule has 7 nitrogen and oxygen atoms in total. The van der Waals surface area contributed by atoms with Gasteiger partial charge in [-0.15, -0.1) is 11.3 Å². The molecule has 0 saturated heterocycles. The van der Waals surface area contributed by atoms with E-state index < -0.39 is 5.97 Å². The van der Waals surface area contributed by atoms with Crippen LogP contribution in [0.3, 0.4) is 0 Å². The molecule has 0 radical (unpaired) electrons. The summed E-state index contributed by atoms with van der Waals surface area (Å²) in [5.41, 5.74) is 3.28. The van der Waals surface area contributed by atoms with Crippen LogP contribution in [0.5, 0.6) is 23.1 Å². The van der Waals surface area contributed by atoms with Gasteiger partial charge in [-0.1, -0.05) is 6.07 Å². The highest BCUT2D eigenvalue weighted by Crippen LogP contribution is 2.37. The Hall–Kier alpha value is -3.26. The van der Waals surface area contributed by atoms with E-state index in [0.29, 0.717) is 37.0 Å². The minimum absolute atomic E-state index is 0.0816. The van der Waals surface area contributed by atoms with E-state index in [2.05, 4.69) is 4.98 Å². The molecule has 8 heteroatoms. The minimum atomic E-state index is -0.747. The van der Waals surface area contributed by atoms with Gasteiger partial charge < -0.3 is 24.1 Å². The summed E-state index contributed by atoms with van der Waals surface area (Å²) < 4.78 is 23.0. The minimum Gasteiger partial charge on any atom is -0.493 e. The maximum atomic E-state index is 11.0. The summed E-state index contributed by atoms with van der Waals surface area (Å²) in [6, 6.07) is 11.8. The normalized spacial score (nSPS) is 14.6. The van der Waals surface area contributed by atoms with Crippen LogP contribution >= 0.6 is 11.3 Å². The largest absolute Gasteiger partial charge is 0.493 e. The van der Waals surface area contributed by atoms with Crippen LogP contribution in [0.2, 0.25) is 0 Å². The quantitative estimate of drug-likeness (QED) is 0.309. The lowest BCUT2D eigenvalue weighted by molar-refractivity contribution is -0.137. The van der Waals surface area contributed by atoms with Gasteiger partial charge in [0.2, 0.25) is 5.88 Å². The van der Waals surface area contributed by atoms with Crippen molar-refractivity contribution in [2.75, 3.05) is 20.3 Å². The number of carboxylic acid groups (broad SMARTS) is 1. The molecule has 1 aliphatic carbocycles. The lowest BCUT2D eigenvalue weighted by atomic mass is 9.98. The van der Waals surface area contributed by atoms with Crippen molar-refractivity contribution in [1.82, 2.24) is 4.98 Å². The summed E-state index contributed by atoms with van der Waals surface area (Å²) in [7, 11) is 1.62. The molecule has 0 spiro atoms. The maximum Gasteiger partial charge on any atom is 0.303 e. The molecule has 35 heavy (non-hydrogen) atoms. The molecular weight excluding hydrogens is 466 g/mol. The SMILES string of the molecule is COc1cc(-c2nc(OC(C)C)cs2)ccc1OCCCOc1ccc2c(c1)CC[C@H]2CC(=O)O. The van der Waals surface area contributed by atoms with Crippen molar-refractivity contribution >= 4 is 17.3 Å². The second-order valence-electron chi connectivity index (χ2n) is 8.77. The number of nitrogens with zero attached hydrogens (tertiary/aromatic N) is 1. The van der Waals surface area contributed by atoms with E-state index in [1.807, 2.05) is 55.6 Å². The van der Waals surface area contributed by atoms with Gasteiger partial charge in [0.05, 0.1) is 38.2 Å². The first-order valence-corrected chi connectivity index (χ1v) is 12.7. The second-order valence-corrected chi connectivity index (χ2v) is 9.63. The summed E-state index contributed by atoms with van der Waals surface area (Å²) in [4.78, 5) is 15.6. The number of thiazole rings is 1. The summed E-state index contributed by atoms with van der Waals surface area (Å²) >= 11 is 1.53. The number of rotatable bonds is 12. The van der Waals surface area contributed by atoms with Crippen LogP contribution in [0.25, 0.3) is 10.6 Å². The van der Waals surface area contributed by atoms with Gasteiger partial charge in [-0.2, -0.15) is 0 Å². The van der Waals surface area contributed by atoms with Gasteiger partial charge in [0, 0.05) is 12.0 Å². The fourth-order valence-electron chi connectivity index (χ4n) is 4.23. The third-order valence-electron chi connectivity index (χ3n) is 5.80. The number of hydrogen-bond acceptors (Lipinski definition) is 7. The molecular formula is C27H31NO6S. The number of carbonyl (C=O) groups is 1. The lowest BCUT2D eigenvalue weighted by Crippen LogP contribution is -2.06. The molecule has 1 heterocycles. The fourth-order valence-corrected chi connectivity index (χ4v) is 4.96. The zero-order valence-corrected chi connectivity index (χ0v) is 21.1. The Kier molecular flexibility index (Phi) is 8.13. The Morgan fingerprint density at radius 1 is 1.14 bits per heavy atom. The molecule has 3 aromatic rings. The number of methoxy groups -OCH3 is 1. The Morgan fingerprint density at radius 2 is 1.97 bits per heavy atom. The molecule has 1 aromatic heterocycles. The van der Waals surface area contributed by atoms with E-state index in [1.54, 1.807) is 7.11 Å². The maximum absolute atomic E-state index is 11.0. The van der Waals surface area contributed by atoms with Crippen LogP contribution < -0.4 is 18.9 Å². The van der Waals surface area contributed by atoms with Crippen molar-refractivity contribution in [2.24, 2.45) is 0 Å². The van der Waals surface area contributed by atoms with Crippen molar-refractivity contribution < 1.29 is 28.8 Å². The standard InChI is InChI=1S/C27H31NO6S/c1-17(2)34-25-16-35-27(28-25)20-7-10-23(24(14-20)31-3)33-12-4-11-32-21-8-9-22-18(13-21)5-6-19(22)15-26(29)30/h7-10,13-14,16-17,19H,4-6,11-12,15H2,1-3H3,(H,29,30)/t19-/m0/s1. The lowest BCUT2D eigenvalue weighted by Gasteiger charge is -2.13. The fraction of sp³-hybridized carbons (Fsp3) is 0.407. The third kappa shape index (κ3) is 6.45. The van der Waals surface area contributed by atoms with E-state index in [4.69, 9.17) is 24.1 Å². The predicted octanol–water partition coefficient (Wildman–Crippen LogP) is 5.96. The second kappa shape index (κ2) is 11.4. The van der Waals surface area contributed by atoms with E-state index in [0.717, 1.165) is 34.7 Å². The first-order chi connectivity index (χ1) is 16.9. The van der Waals surface area contributed by atoms with Crippen LogP contribution in [0.15, 0.2) is 41.8 Å². The van der Waals surface area contributed by atoms with Crippen molar-refractivity contribution in [3.05, 3.63) is 52.9 Å². The number of fused-ring (bicyclic) bond motifs is 1.